The molecule has 2 N–H and O–H groups in total. The molecule has 0 saturated carbocycles. The van der Waals surface area contributed by atoms with Crippen molar-refractivity contribution in [3.05, 3.63) is 17.3 Å². The molecule has 0 spiro atoms. The summed E-state index contributed by atoms with van der Waals surface area (Å²) in [4.78, 5) is 14.7. The maximum absolute atomic E-state index is 10.9. The van der Waals surface area contributed by atoms with Crippen LogP contribution in [0.2, 0.25) is 0 Å². The summed E-state index contributed by atoms with van der Waals surface area (Å²) in [7, 11) is 1.27. The third-order valence-corrected chi connectivity index (χ3v) is 1.44. The highest BCUT2D eigenvalue weighted by Crippen LogP contribution is 2.09. The number of nitrogens with zero attached hydrogens (tertiary/aromatic N) is 1. The molecule has 0 atom stereocenters. The average molecular weight is 207 g/mol. The summed E-state index contributed by atoms with van der Waals surface area (Å²) in [6, 6.07) is 0. The van der Waals surface area contributed by atoms with Crippen LogP contribution in [0, 0.1) is 6.92 Å². The molecule has 0 fully saturated rings. The predicted molar refractivity (Wildman–Crippen MR) is 47.7 cm³/mol. The molecule has 1 heterocycles. The number of carbonyl (C=O) groups excluding carboxylic acids is 1. The first-order valence-electron chi connectivity index (χ1n) is 3.43. The predicted octanol–water partition coefficient (Wildman–Crippen LogP) is 0.650. The lowest BCUT2D eigenvalue weighted by molar-refractivity contribution is 0.0554. The van der Waals surface area contributed by atoms with E-state index in [0.29, 0.717) is 11.5 Å². The smallest absolute Gasteiger partial charge is 0.394 e. The molecule has 1 aromatic heterocycles. The summed E-state index contributed by atoms with van der Waals surface area (Å²) < 4.78 is 9.42. The first-order valence-corrected chi connectivity index (χ1v) is 3.43. The van der Waals surface area contributed by atoms with Crippen LogP contribution in [-0.2, 0) is 11.3 Å². The van der Waals surface area contributed by atoms with Crippen LogP contribution in [-0.4, -0.2) is 18.1 Å². The number of oxazole rings is 1. The van der Waals surface area contributed by atoms with E-state index in [1.165, 1.54) is 7.11 Å². The Morgan fingerprint density at radius 1 is 1.69 bits per heavy atom. The van der Waals surface area contributed by atoms with Crippen molar-refractivity contribution in [2.75, 3.05) is 7.11 Å². The largest absolute Gasteiger partial charge is 0.462 e. The molecule has 0 amide bonds. The van der Waals surface area contributed by atoms with Crippen LogP contribution < -0.4 is 5.73 Å². The van der Waals surface area contributed by atoms with Gasteiger partial charge >= 0.3 is 11.9 Å². The Hall–Kier alpha value is -1.07. The van der Waals surface area contributed by atoms with Crippen molar-refractivity contribution in [2.45, 2.75) is 13.5 Å². The fraction of sp³-hybridized carbons (Fsp3) is 0.429. The Labute approximate surface area is 81.7 Å². The van der Waals surface area contributed by atoms with Crippen LogP contribution in [0.25, 0.3) is 0 Å². The van der Waals surface area contributed by atoms with E-state index < -0.39 is 5.97 Å². The van der Waals surface area contributed by atoms with E-state index in [9.17, 15) is 4.79 Å². The molecule has 0 aromatic carbocycles. The highest BCUT2D eigenvalue weighted by Gasteiger charge is 2.15. The summed E-state index contributed by atoms with van der Waals surface area (Å²) >= 11 is 0. The molecule has 13 heavy (non-hydrogen) atoms. The van der Waals surface area contributed by atoms with Gasteiger partial charge in [-0.3, -0.25) is 0 Å². The van der Waals surface area contributed by atoms with Gasteiger partial charge in [-0.15, -0.1) is 12.4 Å². The minimum absolute atomic E-state index is 0. The van der Waals surface area contributed by atoms with Crippen LogP contribution in [0.4, 0.5) is 0 Å². The summed E-state index contributed by atoms with van der Waals surface area (Å²) in [5.41, 5.74) is 5.94. The van der Waals surface area contributed by atoms with Gasteiger partial charge < -0.3 is 14.9 Å². The average Bonchev–Trinajstić information content (AvgIpc) is 2.45. The van der Waals surface area contributed by atoms with Crippen molar-refractivity contribution in [3.8, 4) is 0 Å². The first kappa shape index (κ1) is 11.9. The van der Waals surface area contributed by atoms with Gasteiger partial charge in [-0.05, 0) is 6.92 Å². The van der Waals surface area contributed by atoms with Gasteiger partial charge in [0.1, 0.15) is 5.76 Å². The number of nitrogens with two attached hydrogens (primary N) is 1. The zero-order chi connectivity index (χ0) is 9.14. The number of halogens is 1. The lowest BCUT2D eigenvalue weighted by Gasteiger charge is -1.90. The third-order valence-electron chi connectivity index (χ3n) is 1.44. The Balaban J connectivity index is 0.00000144. The summed E-state index contributed by atoms with van der Waals surface area (Å²) in [6.45, 7) is 1.95. The van der Waals surface area contributed by atoms with E-state index in [0.717, 1.165) is 0 Å². The van der Waals surface area contributed by atoms with Gasteiger partial charge in [0.15, 0.2) is 0 Å². The van der Waals surface area contributed by atoms with Crippen molar-refractivity contribution in [2.24, 2.45) is 5.73 Å². The Morgan fingerprint density at radius 2 is 2.31 bits per heavy atom. The first-order chi connectivity index (χ1) is 5.69. The van der Waals surface area contributed by atoms with Gasteiger partial charge in [0.25, 0.3) is 0 Å². The van der Waals surface area contributed by atoms with Gasteiger partial charge in [-0.1, -0.05) is 0 Å². The highest BCUT2D eigenvalue weighted by molar-refractivity contribution is 5.85. The second-order valence-electron chi connectivity index (χ2n) is 2.22. The van der Waals surface area contributed by atoms with Gasteiger partial charge in [0, 0.05) is 0 Å². The van der Waals surface area contributed by atoms with Crippen LogP contribution in [0.15, 0.2) is 4.42 Å². The molecule has 0 bridgehead atoms. The SMILES string of the molecule is COC(=O)c1nc(C)c(CN)o1.Cl. The maximum atomic E-state index is 10.9. The summed E-state index contributed by atoms with van der Waals surface area (Å²) in [5, 5.41) is 0. The standard InChI is InChI=1S/C7H10N2O3.ClH/c1-4-5(3-8)12-6(9-4)7(10)11-2;/h3,8H2,1-2H3;1H. The molecule has 0 radical (unpaired) electrons. The van der Waals surface area contributed by atoms with Gasteiger partial charge in [0.05, 0.1) is 19.3 Å². The molecule has 74 valence electrons. The molecule has 1 aromatic rings. The lowest BCUT2D eigenvalue weighted by atomic mass is 10.4. The van der Waals surface area contributed by atoms with Crippen molar-refractivity contribution < 1.29 is 13.9 Å². The van der Waals surface area contributed by atoms with E-state index >= 15 is 0 Å². The minimum Gasteiger partial charge on any atom is -0.462 e. The zero-order valence-electron chi connectivity index (χ0n) is 7.36. The van der Waals surface area contributed by atoms with E-state index in [1.54, 1.807) is 6.92 Å². The molecule has 0 aliphatic heterocycles. The number of carbonyl (C=O) groups is 1. The van der Waals surface area contributed by atoms with E-state index in [1.807, 2.05) is 0 Å². The van der Waals surface area contributed by atoms with Crippen molar-refractivity contribution in [1.29, 1.82) is 0 Å². The van der Waals surface area contributed by atoms with Crippen LogP contribution in [0.1, 0.15) is 22.1 Å². The number of esters is 1. The Morgan fingerprint density at radius 3 is 2.69 bits per heavy atom. The van der Waals surface area contributed by atoms with Crippen LogP contribution in [0.3, 0.4) is 0 Å². The second kappa shape index (κ2) is 4.84. The van der Waals surface area contributed by atoms with Crippen molar-refractivity contribution in [3.63, 3.8) is 0 Å². The third kappa shape index (κ3) is 2.43. The van der Waals surface area contributed by atoms with Crippen LogP contribution >= 0.6 is 12.4 Å². The maximum Gasteiger partial charge on any atom is 0.394 e. The number of aromatic nitrogens is 1. The Bertz CT molecular complexity index is 298. The Kier molecular flexibility index (Phi) is 4.44. The molecule has 0 unspecified atom stereocenters. The van der Waals surface area contributed by atoms with Crippen molar-refractivity contribution in [1.82, 2.24) is 4.98 Å². The number of methoxy groups -OCH3 is 1. The molecule has 1 rings (SSSR count). The van der Waals surface area contributed by atoms with E-state index in [4.69, 9.17) is 10.2 Å². The second-order valence-corrected chi connectivity index (χ2v) is 2.22. The fourth-order valence-corrected chi connectivity index (χ4v) is 0.792. The van der Waals surface area contributed by atoms with Gasteiger partial charge in [-0.2, -0.15) is 0 Å². The zero-order valence-corrected chi connectivity index (χ0v) is 8.18. The quantitative estimate of drug-likeness (QED) is 0.719. The molecular weight excluding hydrogens is 196 g/mol. The van der Waals surface area contributed by atoms with E-state index in [2.05, 4.69) is 9.72 Å². The lowest BCUT2D eigenvalue weighted by Crippen LogP contribution is -2.00. The minimum atomic E-state index is -0.585. The molecule has 0 aliphatic carbocycles. The number of hydrogen-bond acceptors (Lipinski definition) is 5. The highest BCUT2D eigenvalue weighted by atomic mass is 35.5. The van der Waals surface area contributed by atoms with Crippen LogP contribution in [0.5, 0.6) is 0 Å². The number of hydrogen-bond donors (Lipinski definition) is 1. The summed E-state index contributed by atoms with van der Waals surface area (Å²) in [5.74, 6) is -0.122. The molecule has 5 nitrogen and oxygen atoms in total. The normalized spacial score (nSPS) is 9.15. The number of rotatable bonds is 2. The van der Waals surface area contributed by atoms with Gasteiger partial charge in [0.2, 0.25) is 0 Å². The molecule has 6 heteroatoms. The molecular formula is C7H11ClN2O3. The monoisotopic (exact) mass is 206 g/mol. The summed E-state index contributed by atoms with van der Waals surface area (Å²) in [6.07, 6.45) is 0. The van der Waals surface area contributed by atoms with Crippen molar-refractivity contribution >= 4 is 18.4 Å². The van der Waals surface area contributed by atoms with E-state index in [-0.39, 0.29) is 24.8 Å². The fourth-order valence-electron chi connectivity index (χ4n) is 0.792. The molecule has 0 saturated heterocycles. The number of ether oxygens (including phenoxy) is 1. The number of aryl methyl sites for hydroxylation is 1. The van der Waals surface area contributed by atoms with Gasteiger partial charge in [-0.25, -0.2) is 9.78 Å². The molecule has 0 aliphatic rings. The topological polar surface area (TPSA) is 78.3 Å².